The van der Waals surface area contributed by atoms with Crippen molar-refractivity contribution in [2.45, 2.75) is 19.4 Å². The second-order valence-corrected chi connectivity index (χ2v) is 8.53. The molecule has 3 N–H and O–H groups in total. The zero-order chi connectivity index (χ0) is 21.3. The molecule has 12 heteroatoms. The average molecular weight is 520 g/mol. The van der Waals surface area contributed by atoms with Crippen LogP contribution in [-0.4, -0.2) is 39.4 Å². The topological polar surface area (TPSA) is 97.0 Å². The number of piperidine rings is 1. The number of hydrogen-bond donors (Lipinski definition) is 2. The lowest BCUT2D eigenvalue weighted by molar-refractivity contribution is 0.102. The summed E-state index contributed by atoms with van der Waals surface area (Å²) in [6.07, 6.45) is 4.24. The molecule has 0 aliphatic carbocycles. The maximum absolute atomic E-state index is 14.1. The van der Waals surface area contributed by atoms with E-state index in [-0.39, 0.29) is 52.3 Å². The number of anilines is 2. The Bertz CT molecular complexity index is 1050. The Labute approximate surface area is 206 Å². The van der Waals surface area contributed by atoms with Gasteiger partial charge in [-0.3, -0.25) is 9.78 Å². The van der Waals surface area contributed by atoms with Crippen molar-refractivity contribution in [3.8, 4) is 11.4 Å². The van der Waals surface area contributed by atoms with Crippen LogP contribution in [0.2, 0.25) is 5.02 Å². The number of nitrogens with one attached hydrogen (secondary N) is 1. The summed E-state index contributed by atoms with van der Waals surface area (Å²) in [6.45, 7) is 3.70. The van der Waals surface area contributed by atoms with E-state index in [9.17, 15) is 9.18 Å². The standard InChI is InChI=1S/C20H20ClFN6OS.2ClH/c1-11-7-12(23)10-28(9-11)16-5-6-24-8-15(16)25-19(29)20-26-18(27-30-20)17-13(21)3-2-4-14(17)22;;/h2-6,8,11-12H,7,9-10,23H2,1H3,(H,25,29);2*1H/t11-,12+;;/m1../s1. The molecule has 1 aliphatic heterocycles. The predicted octanol–water partition coefficient (Wildman–Crippen LogP) is 4.66. The molecule has 0 radical (unpaired) electrons. The van der Waals surface area contributed by atoms with Gasteiger partial charge < -0.3 is 16.0 Å². The molecule has 0 bridgehead atoms. The fourth-order valence-corrected chi connectivity index (χ4v) is 4.47. The smallest absolute Gasteiger partial charge is 0.286 e. The van der Waals surface area contributed by atoms with Gasteiger partial charge in [-0.1, -0.05) is 24.6 Å². The van der Waals surface area contributed by atoms with Crippen LogP contribution in [0, 0.1) is 11.7 Å². The van der Waals surface area contributed by atoms with Crippen molar-refractivity contribution in [1.82, 2.24) is 14.3 Å². The molecule has 7 nitrogen and oxygen atoms in total. The SMILES string of the molecule is C[C@@H]1C[C@H](N)CN(c2ccncc2NC(=O)c2nc(-c3c(F)cccc3Cl)ns2)C1.Cl.Cl. The predicted molar refractivity (Wildman–Crippen MR) is 131 cm³/mol. The molecular formula is C20H22Cl3FN6OS. The van der Waals surface area contributed by atoms with Crippen LogP contribution in [-0.2, 0) is 0 Å². The Morgan fingerprint density at radius 1 is 1.31 bits per heavy atom. The van der Waals surface area contributed by atoms with E-state index in [0.29, 0.717) is 18.2 Å². The van der Waals surface area contributed by atoms with E-state index in [0.717, 1.165) is 30.2 Å². The maximum Gasteiger partial charge on any atom is 0.286 e. The maximum atomic E-state index is 14.1. The summed E-state index contributed by atoms with van der Waals surface area (Å²) >= 11 is 6.95. The highest BCUT2D eigenvalue weighted by Gasteiger charge is 2.25. The minimum atomic E-state index is -0.544. The molecule has 2 aromatic heterocycles. The van der Waals surface area contributed by atoms with Crippen molar-refractivity contribution >= 4 is 65.2 Å². The van der Waals surface area contributed by atoms with Crippen LogP contribution >= 0.6 is 47.9 Å². The highest BCUT2D eigenvalue weighted by molar-refractivity contribution is 7.08. The van der Waals surface area contributed by atoms with Gasteiger partial charge in [0.1, 0.15) is 5.82 Å². The second-order valence-electron chi connectivity index (χ2n) is 7.37. The number of carbonyl (C=O) groups excluding carboxylic acids is 1. The number of rotatable bonds is 4. The van der Waals surface area contributed by atoms with Gasteiger partial charge in [0.25, 0.3) is 5.91 Å². The van der Waals surface area contributed by atoms with Crippen molar-refractivity contribution in [1.29, 1.82) is 0 Å². The van der Waals surface area contributed by atoms with Crippen LogP contribution < -0.4 is 16.0 Å². The van der Waals surface area contributed by atoms with Gasteiger partial charge in [0.2, 0.25) is 5.01 Å². The number of nitrogens with two attached hydrogens (primary N) is 1. The van der Waals surface area contributed by atoms with Gasteiger partial charge in [0.15, 0.2) is 5.82 Å². The summed E-state index contributed by atoms with van der Waals surface area (Å²) in [7, 11) is 0. The van der Waals surface area contributed by atoms with Crippen molar-refractivity contribution in [2.75, 3.05) is 23.3 Å². The van der Waals surface area contributed by atoms with Crippen LogP contribution in [0.25, 0.3) is 11.4 Å². The lowest BCUT2D eigenvalue weighted by Gasteiger charge is -2.37. The first-order chi connectivity index (χ1) is 14.4. The van der Waals surface area contributed by atoms with Crippen molar-refractivity contribution in [3.63, 3.8) is 0 Å². The number of amides is 1. The Morgan fingerprint density at radius 3 is 2.81 bits per heavy atom. The van der Waals surface area contributed by atoms with Gasteiger partial charge in [-0.25, -0.2) is 9.37 Å². The monoisotopic (exact) mass is 518 g/mol. The molecule has 1 amide bonds. The Kier molecular flexibility index (Phi) is 9.18. The molecule has 32 heavy (non-hydrogen) atoms. The Balaban J connectivity index is 0.00000181. The number of benzene rings is 1. The van der Waals surface area contributed by atoms with Crippen molar-refractivity contribution < 1.29 is 9.18 Å². The minimum absolute atomic E-state index is 0. The quantitative estimate of drug-likeness (QED) is 0.520. The van der Waals surface area contributed by atoms with Crippen LogP contribution in [0.4, 0.5) is 15.8 Å². The van der Waals surface area contributed by atoms with E-state index in [1.165, 1.54) is 12.1 Å². The van der Waals surface area contributed by atoms with E-state index in [2.05, 4.69) is 31.5 Å². The molecule has 0 spiro atoms. The van der Waals surface area contributed by atoms with Gasteiger partial charge in [-0.15, -0.1) is 24.8 Å². The van der Waals surface area contributed by atoms with Crippen LogP contribution in [0.15, 0.2) is 36.7 Å². The van der Waals surface area contributed by atoms with Gasteiger partial charge >= 0.3 is 0 Å². The second kappa shape index (κ2) is 11.2. The van der Waals surface area contributed by atoms with E-state index in [4.69, 9.17) is 17.3 Å². The molecule has 172 valence electrons. The largest absolute Gasteiger partial charge is 0.368 e. The van der Waals surface area contributed by atoms with E-state index < -0.39 is 11.7 Å². The molecule has 1 fully saturated rings. The number of halogens is 4. The molecule has 3 heterocycles. The molecule has 1 aromatic carbocycles. The third-order valence-corrected chi connectivity index (χ3v) is 5.91. The number of pyridine rings is 1. The van der Waals surface area contributed by atoms with Crippen LogP contribution in [0.3, 0.4) is 0 Å². The molecule has 1 saturated heterocycles. The van der Waals surface area contributed by atoms with E-state index >= 15 is 0 Å². The molecule has 1 aliphatic rings. The molecule has 0 unspecified atom stereocenters. The summed E-state index contributed by atoms with van der Waals surface area (Å²) in [5, 5.41) is 3.13. The molecule has 4 rings (SSSR count). The summed E-state index contributed by atoms with van der Waals surface area (Å²) in [6, 6.07) is 6.24. The van der Waals surface area contributed by atoms with Crippen molar-refractivity contribution in [2.24, 2.45) is 11.7 Å². The van der Waals surface area contributed by atoms with Crippen molar-refractivity contribution in [3.05, 3.63) is 52.5 Å². The third-order valence-electron chi connectivity index (χ3n) is 4.89. The summed E-state index contributed by atoms with van der Waals surface area (Å²) in [4.78, 5) is 23.3. The average Bonchev–Trinajstić information content (AvgIpc) is 3.17. The number of carbonyl (C=O) groups is 1. The van der Waals surface area contributed by atoms with Crippen LogP contribution in [0.1, 0.15) is 23.1 Å². The minimum Gasteiger partial charge on any atom is -0.368 e. The zero-order valence-electron chi connectivity index (χ0n) is 17.0. The number of aromatic nitrogens is 3. The highest BCUT2D eigenvalue weighted by atomic mass is 35.5. The van der Waals surface area contributed by atoms with Gasteiger partial charge in [0, 0.05) is 25.3 Å². The Hall–Kier alpha value is -2.04. The molecular weight excluding hydrogens is 498 g/mol. The molecule has 2 atom stereocenters. The fourth-order valence-electron chi connectivity index (χ4n) is 3.66. The zero-order valence-corrected chi connectivity index (χ0v) is 20.2. The number of hydrogen-bond acceptors (Lipinski definition) is 7. The Morgan fingerprint density at radius 2 is 2.09 bits per heavy atom. The first-order valence-corrected chi connectivity index (χ1v) is 10.6. The molecule has 0 saturated carbocycles. The van der Waals surface area contributed by atoms with Gasteiger partial charge in [-0.2, -0.15) is 4.37 Å². The summed E-state index contributed by atoms with van der Waals surface area (Å²) < 4.78 is 18.2. The summed E-state index contributed by atoms with van der Waals surface area (Å²) in [5.74, 6) is -0.468. The van der Waals surface area contributed by atoms with Gasteiger partial charge in [0.05, 0.1) is 28.2 Å². The first-order valence-electron chi connectivity index (χ1n) is 9.46. The van der Waals surface area contributed by atoms with Crippen LogP contribution in [0.5, 0.6) is 0 Å². The number of nitrogens with zero attached hydrogens (tertiary/aromatic N) is 4. The summed E-state index contributed by atoms with van der Waals surface area (Å²) in [5.41, 5.74) is 7.66. The third kappa shape index (κ3) is 5.65. The highest BCUT2D eigenvalue weighted by Crippen LogP contribution is 2.31. The normalized spacial score (nSPS) is 17.8. The van der Waals surface area contributed by atoms with E-state index in [1.807, 2.05) is 6.07 Å². The lowest BCUT2D eigenvalue weighted by Crippen LogP contribution is -2.46. The van der Waals surface area contributed by atoms with Gasteiger partial charge in [-0.05, 0) is 42.1 Å². The first kappa shape index (κ1) is 26.2. The fraction of sp³-hybridized carbons (Fsp3) is 0.300. The molecule has 3 aromatic rings. The van der Waals surface area contributed by atoms with E-state index in [1.54, 1.807) is 18.5 Å². The lowest BCUT2D eigenvalue weighted by atomic mass is 9.96.